The average molecular weight is 334 g/mol. The van der Waals surface area contributed by atoms with Gasteiger partial charge in [0.25, 0.3) is 0 Å². The Bertz CT molecular complexity index is 694. The lowest BCUT2D eigenvalue weighted by molar-refractivity contribution is -0.134. The van der Waals surface area contributed by atoms with Gasteiger partial charge in [-0.25, -0.2) is 4.79 Å². The normalized spacial score (nSPS) is 10.0. The Labute approximate surface area is 137 Å². The van der Waals surface area contributed by atoms with Crippen LogP contribution >= 0.6 is 11.8 Å². The van der Waals surface area contributed by atoms with Crippen molar-refractivity contribution in [3.63, 3.8) is 0 Å². The molecule has 0 aromatic carbocycles. The van der Waals surface area contributed by atoms with E-state index in [0.717, 1.165) is 4.90 Å². The van der Waals surface area contributed by atoms with Crippen molar-refractivity contribution < 1.29 is 23.8 Å². The molecule has 23 heavy (non-hydrogen) atoms. The lowest BCUT2D eigenvalue weighted by atomic mass is 10.2. The van der Waals surface area contributed by atoms with Crippen LogP contribution in [0.3, 0.4) is 0 Å². The molecule has 7 nitrogen and oxygen atoms in total. The zero-order chi connectivity index (χ0) is 16.7. The third kappa shape index (κ3) is 4.68. The fourth-order valence-corrected chi connectivity index (χ4v) is 2.27. The maximum atomic E-state index is 12.0. The lowest BCUT2D eigenvalue weighted by Gasteiger charge is -2.08. The van der Waals surface area contributed by atoms with Crippen molar-refractivity contribution in [3.8, 4) is 11.8 Å². The molecule has 0 saturated carbocycles. The Kier molecular flexibility index (Phi) is 5.93. The predicted octanol–water partition coefficient (Wildman–Crippen LogP) is 1.97. The van der Waals surface area contributed by atoms with Gasteiger partial charge in [0.05, 0.1) is 20.0 Å². The summed E-state index contributed by atoms with van der Waals surface area (Å²) in [6.45, 7) is 0. The highest BCUT2D eigenvalue weighted by atomic mass is 32.2. The van der Waals surface area contributed by atoms with E-state index in [1.165, 1.54) is 38.1 Å². The Morgan fingerprint density at radius 3 is 2.48 bits per heavy atom. The van der Waals surface area contributed by atoms with Crippen LogP contribution in [-0.4, -0.2) is 41.9 Å². The molecule has 0 spiro atoms. The third-order valence-electron chi connectivity index (χ3n) is 2.67. The second-order valence-electron chi connectivity index (χ2n) is 4.14. The molecule has 0 atom stereocenters. The molecular weight excluding hydrogens is 320 g/mol. The number of rotatable bonds is 6. The van der Waals surface area contributed by atoms with Crippen molar-refractivity contribution in [2.45, 2.75) is 4.90 Å². The van der Waals surface area contributed by atoms with Gasteiger partial charge in [-0.05, 0) is 18.2 Å². The predicted molar refractivity (Wildman–Crippen MR) is 82.7 cm³/mol. The summed E-state index contributed by atoms with van der Waals surface area (Å²) < 4.78 is 14.7. The number of aromatic nitrogens is 2. The quantitative estimate of drug-likeness (QED) is 0.450. The number of hydrogen-bond acceptors (Lipinski definition) is 8. The molecule has 0 saturated heterocycles. The van der Waals surface area contributed by atoms with E-state index in [9.17, 15) is 9.59 Å². The molecule has 8 heteroatoms. The summed E-state index contributed by atoms with van der Waals surface area (Å²) in [5.74, 6) is -1.16. The molecule has 2 aromatic rings. The van der Waals surface area contributed by atoms with E-state index >= 15 is 0 Å². The van der Waals surface area contributed by atoms with Gasteiger partial charge in [0, 0.05) is 23.4 Å². The number of methoxy groups -OCH3 is 2. The van der Waals surface area contributed by atoms with Crippen molar-refractivity contribution >= 4 is 23.7 Å². The molecule has 0 aliphatic carbocycles. The van der Waals surface area contributed by atoms with Gasteiger partial charge in [0.2, 0.25) is 11.8 Å². The molecule has 2 rings (SSSR count). The number of pyridine rings is 2. The Morgan fingerprint density at radius 1 is 1.09 bits per heavy atom. The van der Waals surface area contributed by atoms with Gasteiger partial charge in [-0.15, -0.1) is 11.8 Å². The van der Waals surface area contributed by atoms with Gasteiger partial charge < -0.3 is 14.2 Å². The van der Waals surface area contributed by atoms with E-state index in [2.05, 4.69) is 9.97 Å². The number of nitrogens with zero attached hydrogens (tertiary/aromatic N) is 2. The van der Waals surface area contributed by atoms with E-state index in [1.807, 2.05) is 0 Å². The number of carbonyl (C=O) groups excluding carboxylic acids is 2. The molecular formula is C15H14N2O5S. The third-order valence-corrected chi connectivity index (χ3v) is 3.66. The van der Waals surface area contributed by atoms with E-state index in [0.29, 0.717) is 0 Å². The topological polar surface area (TPSA) is 87.6 Å². The molecule has 0 aliphatic heterocycles. The highest BCUT2D eigenvalue weighted by Gasteiger charge is 2.19. The molecule has 0 aliphatic rings. The zero-order valence-electron chi connectivity index (χ0n) is 12.5. The summed E-state index contributed by atoms with van der Waals surface area (Å²) in [6.07, 6.45) is 3.24. The number of hydrogen-bond donors (Lipinski definition) is 0. The molecule has 120 valence electrons. The fraction of sp³-hybridized carbons (Fsp3) is 0.200. The van der Waals surface area contributed by atoms with Crippen LogP contribution in [-0.2, 0) is 9.53 Å². The van der Waals surface area contributed by atoms with Crippen molar-refractivity contribution in [1.82, 2.24) is 9.97 Å². The molecule has 2 aromatic heterocycles. The average Bonchev–Trinajstić information content (AvgIpc) is 2.60. The Balaban J connectivity index is 1.97. The summed E-state index contributed by atoms with van der Waals surface area (Å²) in [5, 5.41) is 0. The molecule has 0 N–H and O–H groups in total. The summed E-state index contributed by atoms with van der Waals surface area (Å²) in [5.41, 5.74) is 0.0514. The molecule has 0 fully saturated rings. The minimum absolute atomic E-state index is 0.00164. The lowest BCUT2D eigenvalue weighted by Crippen LogP contribution is -2.15. The van der Waals surface area contributed by atoms with Crippen LogP contribution < -0.4 is 9.47 Å². The van der Waals surface area contributed by atoms with Gasteiger partial charge in [-0.3, -0.25) is 9.78 Å². The van der Waals surface area contributed by atoms with Gasteiger partial charge >= 0.3 is 11.9 Å². The summed E-state index contributed by atoms with van der Waals surface area (Å²) in [4.78, 5) is 32.5. The van der Waals surface area contributed by atoms with Gasteiger partial charge in [-0.2, -0.15) is 4.98 Å². The van der Waals surface area contributed by atoms with Gasteiger partial charge in [0.15, 0.2) is 0 Å². The van der Waals surface area contributed by atoms with Crippen LogP contribution in [0.15, 0.2) is 41.6 Å². The maximum Gasteiger partial charge on any atom is 0.351 e. The van der Waals surface area contributed by atoms with E-state index < -0.39 is 11.9 Å². The SMILES string of the molecule is COc1ccc(C(=O)OC(=O)CSc2ccncc2)c(OC)n1. The summed E-state index contributed by atoms with van der Waals surface area (Å²) >= 11 is 1.25. The first-order valence-electron chi connectivity index (χ1n) is 6.51. The smallest absolute Gasteiger partial charge is 0.351 e. The summed E-state index contributed by atoms with van der Waals surface area (Å²) in [6, 6.07) is 6.43. The first-order chi connectivity index (χ1) is 11.1. The molecule has 0 unspecified atom stereocenters. The highest BCUT2D eigenvalue weighted by molar-refractivity contribution is 8.00. The standard InChI is InChI=1S/C15H14N2O5S/c1-20-12-4-3-11(14(17-12)21-2)15(19)22-13(18)9-23-10-5-7-16-8-6-10/h3-8H,9H2,1-2H3. The van der Waals surface area contributed by atoms with E-state index in [1.54, 1.807) is 24.5 Å². The first-order valence-corrected chi connectivity index (χ1v) is 7.49. The van der Waals surface area contributed by atoms with Crippen LogP contribution in [0.5, 0.6) is 11.8 Å². The molecule has 2 heterocycles. The second kappa shape index (κ2) is 8.14. The number of carbonyl (C=O) groups is 2. The molecule has 0 bridgehead atoms. The maximum absolute atomic E-state index is 12.0. The minimum Gasteiger partial charge on any atom is -0.481 e. The van der Waals surface area contributed by atoms with Crippen LogP contribution in [0, 0.1) is 0 Å². The highest BCUT2D eigenvalue weighted by Crippen LogP contribution is 2.21. The van der Waals surface area contributed by atoms with Gasteiger partial charge in [-0.1, -0.05) is 0 Å². The van der Waals surface area contributed by atoms with Crippen LogP contribution in [0.1, 0.15) is 10.4 Å². The zero-order valence-corrected chi connectivity index (χ0v) is 13.3. The monoisotopic (exact) mass is 334 g/mol. The van der Waals surface area contributed by atoms with Crippen molar-refractivity contribution in [1.29, 1.82) is 0 Å². The summed E-state index contributed by atoms with van der Waals surface area (Å²) in [7, 11) is 2.80. The Morgan fingerprint density at radius 2 is 1.83 bits per heavy atom. The first kappa shape index (κ1) is 16.8. The molecule has 0 amide bonds. The van der Waals surface area contributed by atoms with E-state index in [4.69, 9.17) is 14.2 Å². The van der Waals surface area contributed by atoms with Crippen molar-refractivity contribution in [3.05, 3.63) is 42.2 Å². The van der Waals surface area contributed by atoms with Crippen molar-refractivity contribution in [2.24, 2.45) is 0 Å². The fourth-order valence-electron chi connectivity index (χ4n) is 1.61. The minimum atomic E-state index is -0.822. The second-order valence-corrected chi connectivity index (χ2v) is 5.19. The van der Waals surface area contributed by atoms with E-state index in [-0.39, 0.29) is 23.1 Å². The van der Waals surface area contributed by atoms with Crippen molar-refractivity contribution in [2.75, 3.05) is 20.0 Å². The van der Waals surface area contributed by atoms with Crippen LogP contribution in [0.2, 0.25) is 0 Å². The number of esters is 2. The largest absolute Gasteiger partial charge is 0.481 e. The van der Waals surface area contributed by atoms with Gasteiger partial charge in [0.1, 0.15) is 5.56 Å². The van der Waals surface area contributed by atoms with Crippen LogP contribution in [0.4, 0.5) is 0 Å². The Hall–Kier alpha value is -2.61. The number of thioether (sulfide) groups is 1. The molecule has 0 radical (unpaired) electrons. The van der Waals surface area contributed by atoms with Crippen LogP contribution in [0.25, 0.3) is 0 Å². The number of ether oxygens (including phenoxy) is 3.